The number of hydrogen-bond acceptors (Lipinski definition) is 4. The number of rotatable bonds is 3. The summed E-state index contributed by atoms with van der Waals surface area (Å²) in [5.41, 5.74) is -0.804. The molecular formula is C8H12ClNO4. The molecule has 1 rings (SSSR count). The molecule has 0 N–H and O–H groups in total. The maximum Gasteiger partial charge on any atom is 0.403 e. The zero-order valence-electron chi connectivity index (χ0n) is 7.65. The fourth-order valence-electron chi connectivity index (χ4n) is 1.71. The van der Waals surface area contributed by atoms with Crippen molar-refractivity contribution in [1.82, 2.24) is 0 Å². The fraction of sp³-hybridized carbons (Fsp3) is 0.875. The Morgan fingerprint density at radius 1 is 1.43 bits per heavy atom. The molecule has 0 aromatic rings. The molecule has 0 atom stereocenters. The number of carbonyl (C=O) groups excluding carboxylic acids is 1. The van der Waals surface area contributed by atoms with Crippen molar-refractivity contribution < 1.29 is 14.5 Å². The van der Waals surface area contributed by atoms with Gasteiger partial charge in [-0.1, -0.05) is 0 Å². The van der Waals surface area contributed by atoms with Crippen molar-refractivity contribution in [3.8, 4) is 0 Å². The summed E-state index contributed by atoms with van der Waals surface area (Å²) in [5, 5.41) is 10.4. The third-order valence-corrected chi connectivity index (χ3v) is 2.66. The molecule has 0 heterocycles. The Labute approximate surface area is 86.5 Å². The molecule has 1 aliphatic carbocycles. The molecule has 14 heavy (non-hydrogen) atoms. The highest BCUT2D eigenvalue weighted by atomic mass is 35.5. The SMILES string of the molecule is O=C(Cl)OCC1CCC([N+](=O)[O-])CC1. The summed E-state index contributed by atoms with van der Waals surface area (Å²) in [7, 11) is 0. The summed E-state index contributed by atoms with van der Waals surface area (Å²) in [6, 6.07) is -0.419. The normalized spacial score (nSPS) is 26.9. The van der Waals surface area contributed by atoms with Gasteiger partial charge in [-0.15, -0.1) is 0 Å². The molecule has 0 unspecified atom stereocenters. The summed E-state index contributed by atoms with van der Waals surface area (Å²) < 4.78 is 4.63. The molecule has 6 heteroatoms. The highest BCUT2D eigenvalue weighted by Gasteiger charge is 2.28. The van der Waals surface area contributed by atoms with Crippen molar-refractivity contribution in [2.24, 2.45) is 5.92 Å². The van der Waals surface area contributed by atoms with Gasteiger partial charge in [-0.3, -0.25) is 10.1 Å². The predicted octanol–water partition coefficient (Wildman–Crippen LogP) is 2.20. The van der Waals surface area contributed by atoms with Gasteiger partial charge in [0.25, 0.3) is 0 Å². The van der Waals surface area contributed by atoms with Gasteiger partial charge in [-0.25, -0.2) is 4.79 Å². The van der Waals surface area contributed by atoms with Crippen LogP contribution in [0.4, 0.5) is 4.79 Å². The molecular weight excluding hydrogens is 210 g/mol. The fourth-order valence-corrected chi connectivity index (χ4v) is 1.77. The van der Waals surface area contributed by atoms with Gasteiger partial charge in [0, 0.05) is 29.4 Å². The number of nitrogens with zero attached hydrogens (tertiary/aromatic N) is 1. The summed E-state index contributed by atoms with van der Waals surface area (Å²) >= 11 is 5.01. The Bertz CT molecular complexity index is 225. The Hall–Kier alpha value is -0.840. The number of nitro groups is 1. The first kappa shape index (κ1) is 11.2. The number of carbonyl (C=O) groups is 1. The van der Waals surface area contributed by atoms with E-state index in [1.807, 2.05) is 0 Å². The van der Waals surface area contributed by atoms with Gasteiger partial charge in [0.15, 0.2) is 0 Å². The predicted molar refractivity (Wildman–Crippen MR) is 49.9 cm³/mol. The van der Waals surface area contributed by atoms with E-state index in [4.69, 9.17) is 11.6 Å². The van der Waals surface area contributed by atoms with E-state index in [1.54, 1.807) is 0 Å². The third-order valence-electron chi connectivity index (χ3n) is 2.55. The van der Waals surface area contributed by atoms with E-state index in [-0.39, 0.29) is 17.4 Å². The maximum atomic E-state index is 10.4. The Balaban J connectivity index is 2.22. The van der Waals surface area contributed by atoms with Crippen LogP contribution in [-0.4, -0.2) is 23.0 Å². The first-order valence-electron chi connectivity index (χ1n) is 4.55. The average Bonchev–Trinajstić information content (AvgIpc) is 2.15. The second-order valence-corrected chi connectivity index (χ2v) is 3.82. The van der Waals surface area contributed by atoms with Crippen molar-refractivity contribution in [2.75, 3.05) is 6.61 Å². The lowest BCUT2D eigenvalue weighted by Crippen LogP contribution is -2.27. The maximum absolute atomic E-state index is 10.4. The van der Waals surface area contributed by atoms with E-state index in [1.165, 1.54) is 0 Å². The molecule has 0 radical (unpaired) electrons. The molecule has 80 valence electrons. The van der Waals surface area contributed by atoms with Crippen LogP contribution >= 0.6 is 11.6 Å². The molecule has 0 aliphatic heterocycles. The van der Waals surface area contributed by atoms with Crippen LogP contribution < -0.4 is 0 Å². The lowest BCUT2D eigenvalue weighted by Gasteiger charge is -2.22. The van der Waals surface area contributed by atoms with Crippen LogP contribution in [0.2, 0.25) is 0 Å². The third kappa shape index (κ3) is 3.49. The molecule has 1 aliphatic rings. The van der Waals surface area contributed by atoms with Crippen molar-refractivity contribution in [2.45, 2.75) is 31.7 Å². The minimum atomic E-state index is -0.804. The van der Waals surface area contributed by atoms with E-state index in [0.717, 1.165) is 12.8 Å². The monoisotopic (exact) mass is 221 g/mol. The van der Waals surface area contributed by atoms with Gasteiger partial charge < -0.3 is 4.74 Å². The largest absolute Gasteiger partial charge is 0.453 e. The number of halogens is 1. The van der Waals surface area contributed by atoms with Crippen molar-refractivity contribution in [3.63, 3.8) is 0 Å². The van der Waals surface area contributed by atoms with Gasteiger partial charge in [-0.05, 0) is 18.8 Å². The van der Waals surface area contributed by atoms with Crippen molar-refractivity contribution >= 4 is 17.0 Å². The Morgan fingerprint density at radius 2 is 2.00 bits per heavy atom. The summed E-state index contributed by atoms with van der Waals surface area (Å²) in [5.74, 6) is 0.230. The molecule has 0 spiro atoms. The lowest BCUT2D eigenvalue weighted by atomic mass is 9.87. The van der Waals surface area contributed by atoms with Crippen LogP contribution in [0, 0.1) is 16.0 Å². The van der Waals surface area contributed by atoms with Crippen LogP contribution in [0.25, 0.3) is 0 Å². The molecule has 0 bridgehead atoms. The first-order chi connectivity index (χ1) is 6.59. The average molecular weight is 222 g/mol. The standard InChI is InChI=1S/C8H12ClNO4/c9-8(11)14-5-6-1-3-7(4-2-6)10(12)13/h6-7H,1-5H2. The second-order valence-electron chi connectivity index (χ2n) is 3.51. The van der Waals surface area contributed by atoms with Gasteiger partial charge in [0.2, 0.25) is 6.04 Å². The highest BCUT2D eigenvalue weighted by molar-refractivity contribution is 6.61. The zero-order valence-corrected chi connectivity index (χ0v) is 8.40. The Kier molecular flexibility index (Phi) is 4.13. The van der Waals surface area contributed by atoms with E-state index < -0.39 is 11.5 Å². The first-order valence-corrected chi connectivity index (χ1v) is 4.93. The van der Waals surface area contributed by atoms with Gasteiger partial charge in [0.1, 0.15) is 0 Å². The van der Waals surface area contributed by atoms with Crippen LogP contribution in [0.1, 0.15) is 25.7 Å². The lowest BCUT2D eigenvalue weighted by molar-refractivity contribution is -0.527. The van der Waals surface area contributed by atoms with Gasteiger partial charge in [0.05, 0.1) is 6.61 Å². The van der Waals surface area contributed by atoms with E-state index in [0.29, 0.717) is 12.8 Å². The molecule has 1 saturated carbocycles. The minimum Gasteiger partial charge on any atom is -0.453 e. The van der Waals surface area contributed by atoms with E-state index in [9.17, 15) is 14.9 Å². The van der Waals surface area contributed by atoms with Crippen molar-refractivity contribution in [3.05, 3.63) is 10.1 Å². The minimum absolute atomic E-state index is 0.230. The van der Waals surface area contributed by atoms with E-state index in [2.05, 4.69) is 4.74 Å². The molecule has 0 amide bonds. The molecule has 1 fully saturated rings. The van der Waals surface area contributed by atoms with Crippen LogP contribution in [0.3, 0.4) is 0 Å². The van der Waals surface area contributed by atoms with Crippen LogP contribution in [0.5, 0.6) is 0 Å². The number of ether oxygens (including phenoxy) is 1. The molecule has 0 saturated heterocycles. The summed E-state index contributed by atoms with van der Waals surface area (Å²) in [4.78, 5) is 20.5. The topological polar surface area (TPSA) is 69.4 Å². The van der Waals surface area contributed by atoms with E-state index >= 15 is 0 Å². The summed E-state index contributed by atoms with van der Waals surface area (Å²) in [6.45, 7) is 0.284. The quantitative estimate of drug-likeness (QED) is 0.416. The van der Waals surface area contributed by atoms with Crippen molar-refractivity contribution in [1.29, 1.82) is 0 Å². The molecule has 0 aromatic carbocycles. The Morgan fingerprint density at radius 3 is 2.43 bits per heavy atom. The highest BCUT2D eigenvalue weighted by Crippen LogP contribution is 2.26. The summed E-state index contributed by atoms with van der Waals surface area (Å²) in [6.07, 6.45) is 2.60. The smallest absolute Gasteiger partial charge is 0.403 e. The number of hydrogen-bond donors (Lipinski definition) is 0. The van der Waals surface area contributed by atoms with Gasteiger partial charge >= 0.3 is 5.43 Å². The molecule has 5 nitrogen and oxygen atoms in total. The van der Waals surface area contributed by atoms with Crippen LogP contribution in [-0.2, 0) is 4.74 Å². The van der Waals surface area contributed by atoms with Crippen LogP contribution in [0.15, 0.2) is 0 Å². The zero-order chi connectivity index (χ0) is 10.6. The molecule has 0 aromatic heterocycles. The second kappa shape index (κ2) is 5.14. The van der Waals surface area contributed by atoms with Gasteiger partial charge in [-0.2, -0.15) is 0 Å².